The van der Waals surface area contributed by atoms with E-state index in [0.717, 1.165) is 0 Å². The maximum atomic E-state index is 12.6. The zero-order valence-electron chi connectivity index (χ0n) is 15.3. The van der Waals surface area contributed by atoms with Crippen LogP contribution in [0.2, 0.25) is 0 Å². The van der Waals surface area contributed by atoms with Crippen molar-refractivity contribution < 1.29 is 27.8 Å². The number of alkyl halides is 2. The molecule has 0 radical (unpaired) electrons. The van der Waals surface area contributed by atoms with Gasteiger partial charge in [0.2, 0.25) is 11.8 Å². The highest BCUT2D eigenvalue weighted by molar-refractivity contribution is 8.00. The Bertz CT molecular complexity index is 844. The minimum absolute atomic E-state index is 0.0155. The number of halogens is 2. The van der Waals surface area contributed by atoms with Gasteiger partial charge in [0, 0.05) is 24.0 Å². The summed E-state index contributed by atoms with van der Waals surface area (Å²) in [5.41, 5.74) is 0.840. The standard InChI is InChI=1S/C18H19F2N3O4S2/c19-17(20)27-14-4-2-1-3-12(14)13-9-29-18(21-13)22-15(24)10-28-11-16(25)23-5-7-26-8-6-23/h1-4,9,17H,5-8,10-11H2,(H,21,22,24). The van der Waals surface area contributed by atoms with E-state index in [4.69, 9.17) is 4.74 Å². The Labute approximate surface area is 174 Å². The Kier molecular flexibility index (Phi) is 7.78. The lowest BCUT2D eigenvalue weighted by Gasteiger charge is -2.26. The summed E-state index contributed by atoms with van der Waals surface area (Å²) in [7, 11) is 0. The highest BCUT2D eigenvalue weighted by Crippen LogP contribution is 2.33. The quantitative estimate of drug-likeness (QED) is 0.676. The number of thioether (sulfide) groups is 1. The van der Waals surface area contributed by atoms with Gasteiger partial charge in [-0.1, -0.05) is 12.1 Å². The molecule has 1 saturated heterocycles. The van der Waals surface area contributed by atoms with Gasteiger partial charge in [0.05, 0.1) is 30.4 Å². The maximum absolute atomic E-state index is 12.6. The fraction of sp³-hybridized carbons (Fsp3) is 0.389. The fourth-order valence-electron chi connectivity index (χ4n) is 2.62. The Morgan fingerprint density at radius 1 is 1.28 bits per heavy atom. The van der Waals surface area contributed by atoms with E-state index in [9.17, 15) is 18.4 Å². The lowest BCUT2D eigenvalue weighted by Crippen LogP contribution is -2.41. The van der Waals surface area contributed by atoms with Gasteiger partial charge in [-0.05, 0) is 12.1 Å². The van der Waals surface area contributed by atoms with Crippen LogP contribution in [0.15, 0.2) is 29.6 Å². The van der Waals surface area contributed by atoms with Gasteiger partial charge in [-0.25, -0.2) is 4.98 Å². The van der Waals surface area contributed by atoms with Crippen molar-refractivity contribution in [2.75, 3.05) is 43.1 Å². The van der Waals surface area contributed by atoms with E-state index in [0.29, 0.717) is 42.7 Å². The number of carbonyl (C=O) groups is 2. The Balaban J connectivity index is 1.50. The van der Waals surface area contributed by atoms with Gasteiger partial charge in [-0.15, -0.1) is 23.1 Å². The summed E-state index contributed by atoms with van der Waals surface area (Å²) in [5.74, 6) is 0.0363. The van der Waals surface area contributed by atoms with E-state index in [-0.39, 0.29) is 29.1 Å². The van der Waals surface area contributed by atoms with E-state index in [2.05, 4.69) is 15.0 Å². The number of morpholine rings is 1. The van der Waals surface area contributed by atoms with Gasteiger partial charge in [-0.3, -0.25) is 9.59 Å². The molecular weight excluding hydrogens is 424 g/mol. The summed E-state index contributed by atoms with van der Waals surface area (Å²) in [6.45, 7) is -0.719. The summed E-state index contributed by atoms with van der Waals surface area (Å²) < 4.78 is 34.8. The molecule has 1 aromatic heterocycles. The molecule has 29 heavy (non-hydrogen) atoms. The average molecular weight is 443 g/mol. The number of aromatic nitrogens is 1. The number of benzene rings is 1. The molecule has 0 aliphatic carbocycles. The molecule has 2 aromatic rings. The van der Waals surface area contributed by atoms with Crippen LogP contribution in [-0.2, 0) is 14.3 Å². The average Bonchev–Trinajstić information content (AvgIpc) is 3.16. The molecule has 1 aliphatic rings. The van der Waals surface area contributed by atoms with Gasteiger partial charge in [0.15, 0.2) is 5.13 Å². The number of nitrogens with zero attached hydrogens (tertiary/aromatic N) is 2. The molecule has 2 amide bonds. The van der Waals surface area contributed by atoms with Crippen molar-refractivity contribution in [3.05, 3.63) is 29.6 Å². The highest BCUT2D eigenvalue weighted by Gasteiger charge is 2.18. The predicted molar refractivity (Wildman–Crippen MR) is 108 cm³/mol. The first-order chi connectivity index (χ1) is 14.0. The number of thiazole rings is 1. The molecule has 0 saturated carbocycles. The zero-order valence-corrected chi connectivity index (χ0v) is 16.9. The van der Waals surface area contributed by atoms with Crippen molar-refractivity contribution in [2.24, 2.45) is 0 Å². The number of amides is 2. The number of para-hydroxylation sites is 1. The van der Waals surface area contributed by atoms with E-state index >= 15 is 0 Å². The molecular formula is C18H19F2N3O4S2. The van der Waals surface area contributed by atoms with Crippen molar-refractivity contribution in [3.8, 4) is 17.0 Å². The minimum Gasteiger partial charge on any atom is -0.434 e. The number of hydrogen-bond acceptors (Lipinski definition) is 7. The minimum atomic E-state index is -2.94. The highest BCUT2D eigenvalue weighted by atomic mass is 32.2. The van der Waals surface area contributed by atoms with Crippen molar-refractivity contribution >= 4 is 40.0 Å². The molecule has 2 heterocycles. The first-order valence-electron chi connectivity index (χ1n) is 8.76. The second-order valence-corrected chi connectivity index (χ2v) is 7.79. The summed E-state index contributed by atoms with van der Waals surface area (Å²) in [6.07, 6.45) is 0. The molecule has 1 N–H and O–H groups in total. The van der Waals surface area contributed by atoms with Gasteiger partial charge in [0.1, 0.15) is 5.75 Å². The van der Waals surface area contributed by atoms with Crippen LogP contribution in [0.4, 0.5) is 13.9 Å². The maximum Gasteiger partial charge on any atom is 0.387 e. The number of ether oxygens (including phenoxy) is 2. The van der Waals surface area contributed by atoms with Crippen molar-refractivity contribution in [1.29, 1.82) is 0 Å². The summed E-state index contributed by atoms with van der Waals surface area (Å²) in [4.78, 5) is 30.1. The number of carbonyl (C=O) groups excluding carboxylic acids is 2. The second-order valence-electron chi connectivity index (χ2n) is 5.95. The topological polar surface area (TPSA) is 80.8 Å². The van der Waals surface area contributed by atoms with Gasteiger partial charge in [-0.2, -0.15) is 8.78 Å². The summed E-state index contributed by atoms with van der Waals surface area (Å²) >= 11 is 2.40. The molecule has 1 aliphatic heterocycles. The van der Waals surface area contributed by atoms with Crippen LogP contribution in [0, 0.1) is 0 Å². The van der Waals surface area contributed by atoms with Crippen molar-refractivity contribution in [2.45, 2.75) is 6.61 Å². The summed E-state index contributed by atoms with van der Waals surface area (Å²) in [5, 5.41) is 4.65. The van der Waals surface area contributed by atoms with Gasteiger partial charge in [0.25, 0.3) is 0 Å². The monoisotopic (exact) mass is 443 g/mol. The third kappa shape index (κ3) is 6.38. The smallest absolute Gasteiger partial charge is 0.387 e. The Hall–Kier alpha value is -2.24. The molecule has 0 atom stereocenters. The molecule has 0 unspecified atom stereocenters. The van der Waals surface area contributed by atoms with Crippen LogP contribution < -0.4 is 10.1 Å². The van der Waals surface area contributed by atoms with Crippen LogP contribution in [0.3, 0.4) is 0 Å². The van der Waals surface area contributed by atoms with Gasteiger partial charge >= 0.3 is 6.61 Å². The molecule has 1 fully saturated rings. The Morgan fingerprint density at radius 2 is 2.03 bits per heavy atom. The summed E-state index contributed by atoms with van der Waals surface area (Å²) in [6, 6.07) is 6.33. The van der Waals surface area contributed by atoms with Crippen molar-refractivity contribution in [3.63, 3.8) is 0 Å². The lowest BCUT2D eigenvalue weighted by atomic mass is 10.1. The number of hydrogen-bond donors (Lipinski definition) is 1. The molecule has 0 spiro atoms. The lowest BCUT2D eigenvalue weighted by molar-refractivity contribution is -0.132. The molecule has 1 aromatic carbocycles. The first-order valence-corrected chi connectivity index (χ1v) is 10.8. The third-order valence-corrected chi connectivity index (χ3v) is 5.63. The Morgan fingerprint density at radius 3 is 2.79 bits per heavy atom. The molecule has 7 nitrogen and oxygen atoms in total. The fourth-order valence-corrected chi connectivity index (χ4v) is 4.07. The van der Waals surface area contributed by atoms with E-state index in [1.807, 2.05) is 0 Å². The second kappa shape index (κ2) is 10.5. The van der Waals surface area contributed by atoms with Gasteiger partial charge < -0.3 is 19.7 Å². The van der Waals surface area contributed by atoms with Crippen molar-refractivity contribution in [1.82, 2.24) is 9.88 Å². The molecule has 0 bridgehead atoms. The zero-order chi connectivity index (χ0) is 20.6. The van der Waals surface area contributed by atoms with Crippen LogP contribution in [-0.4, -0.2) is 66.1 Å². The van der Waals surface area contributed by atoms with Crippen LogP contribution >= 0.6 is 23.1 Å². The number of nitrogens with one attached hydrogen (secondary N) is 1. The molecule has 156 valence electrons. The SMILES string of the molecule is O=C(CSCC(=O)N1CCOCC1)Nc1nc(-c2ccccc2OC(F)F)cs1. The third-order valence-electron chi connectivity index (χ3n) is 3.95. The normalized spacial score (nSPS) is 14.1. The first kappa shape index (κ1) is 21.5. The van der Waals surface area contributed by atoms with Crippen LogP contribution in [0.25, 0.3) is 11.3 Å². The largest absolute Gasteiger partial charge is 0.434 e. The van der Waals surface area contributed by atoms with E-state index in [1.165, 1.54) is 29.2 Å². The van der Waals surface area contributed by atoms with E-state index in [1.54, 1.807) is 28.5 Å². The van der Waals surface area contributed by atoms with Crippen LogP contribution in [0.1, 0.15) is 0 Å². The molecule has 11 heteroatoms. The number of anilines is 1. The number of rotatable bonds is 8. The van der Waals surface area contributed by atoms with E-state index < -0.39 is 6.61 Å². The molecule has 3 rings (SSSR count). The van der Waals surface area contributed by atoms with Crippen LogP contribution in [0.5, 0.6) is 5.75 Å². The predicted octanol–water partition coefficient (Wildman–Crippen LogP) is 2.94.